The van der Waals surface area contributed by atoms with Crippen LogP contribution in [0.2, 0.25) is 5.02 Å². The van der Waals surface area contributed by atoms with Crippen LogP contribution >= 0.6 is 11.6 Å². The highest BCUT2D eigenvalue weighted by molar-refractivity contribution is 6.30. The molecule has 92 valence electrons. The van der Waals surface area contributed by atoms with Crippen LogP contribution in [-0.4, -0.2) is 31.3 Å². The summed E-state index contributed by atoms with van der Waals surface area (Å²) in [6.07, 6.45) is 3.29. The minimum absolute atomic E-state index is 0.0295. The summed E-state index contributed by atoms with van der Waals surface area (Å²) in [6, 6.07) is 2.51. The molecule has 0 saturated heterocycles. The maximum absolute atomic E-state index is 13.8. The Bertz CT molecular complexity index is 613. The van der Waals surface area contributed by atoms with Crippen LogP contribution in [0.3, 0.4) is 0 Å². The molecule has 8 heteroatoms. The molecule has 0 saturated carbocycles. The molecule has 1 aromatic carbocycles. The number of aliphatic carboxylic acids is 1. The van der Waals surface area contributed by atoms with Gasteiger partial charge in [0, 0.05) is 16.7 Å². The Hall–Kier alpha value is -2.28. The average Bonchev–Trinajstić information content (AvgIpc) is 2.78. The second kappa shape index (κ2) is 4.92. The lowest BCUT2D eigenvalue weighted by Gasteiger charge is -2.06. The minimum Gasteiger partial charge on any atom is -0.478 e. The lowest BCUT2D eigenvalue weighted by molar-refractivity contribution is -0.131. The first kappa shape index (κ1) is 12.2. The molecule has 0 radical (unpaired) electrons. The predicted octanol–water partition coefficient (Wildman–Crippen LogP) is 1.55. The summed E-state index contributed by atoms with van der Waals surface area (Å²) < 4.78 is 14.9. The lowest BCUT2D eigenvalue weighted by atomic mass is 10.1. The molecule has 6 nitrogen and oxygen atoms in total. The van der Waals surface area contributed by atoms with Crippen molar-refractivity contribution in [3.63, 3.8) is 0 Å². The number of rotatable bonds is 3. The largest absolute Gasteiger partial charge is 0.478 e. The fraction of sp³-hybridized carbons (Fsp3) is 0. The molecule has 0 spiro atoms. The number of tetrazole rings is 1. The summed E-state index contributed by atoms with van der Waals surface area (Å²) in [5.74, 6) is -1.81. The van der Waals surface area contributed by atoms with Crippen molar-refractivity contribution in [2.24, 2.45) is 0 Å². The molecule has 0 bridgehead atoms. The average molecular weight is 269 g/mol. The maximum Gasteiger partial charge on any atom is 0.328 e. The Morgan fingerprint density at radius 3 is 2.89 bits per heavy atom. The minimum atomic E-state index is -1.15. The van der Waals surface area contributed by atoms with Crippen LogP contribution in [0.5, 0.6) is 0 Å². The zero-order chi connectivity index (χ0) is 13.1. The van der Waals surface area contributed by atoms with E-state index < -0.39 is 11.8 Å². The van der Waals surface area contributed by atoms with Crippen LogP contribution < -0.4 is 0 Å². The Morgan fingerprint density at radius 2 is 2.28 bits per heavy atom. The summed E-state index contributed by atoms with van der Waals surface area (Å²) in [5, 5.41) is 19.1. The third kappa shape index (κ3) is 2.51. The van der Waals surface area contributed by atoms with Gasteiger partial charge in [-0.3, -0.25) is 0 Å². The monoisotopic (exact) mass is 268 g/mol. The van der Waals surface area contributed by atoms with E-state index in [2.05, 4.69) is 15.5 Å². The van der Waals surface area contributed by atoms with Crippen molar-refractivity contribution in [3.05, 3.63) is 40.9 Å². The van der Waals surface area contributed by atoms with E-state index >= 15 is 0 Å². The molecule has 2 rings (SSSR count). The van der Waals surface area contributed by atoms with Gasteiger partial charge in [-0.05, 0) is 28.6 Å². The number of halogens is 2. The van der Waals surface area contributed by atoms with Gasteiger partial charge >= 0.3 is 5.97 Å². The van der Waals surface area contributed by atoms with Crippen LogP contribution in [0, 0.1) is 5.82 Å². The molecule has 0 unspecified atom stereocenters. The smallest absolute Gasteiger partial charge is 0.328 e. The molecule has 0 aliphatic rings. The van der Waals surface area contributed by atoms with Crippen molar-refractivity contribution in [2.75, 3.05) is 0 Å². The zero-order valence-corrected chi connectivity index (χ0v) is 9.54. The fourth-order valence-electron chi connectivity index (χ4n) is 1.38. The lowest BCUT2D eigenvalue weighted by Crippen LogP contribution is -2.02. The molecule has 1 aromatic heterocycles. The van der Waals surface area contributed by atoms with E-state index in [9.17, 15) is 9.18 Å². The van der Waals surface area contributed by atoms with Gasteiger partial charge in [0.1, 0.15) is 12.0 Å². The van der Waals surface area contributed by atoms with Gasteiger partial charge in [0.2, 0.25) is 0 Å². The van der Waals surface area contributed by atoms with Gasteiger partial charge in [-0.2, -0.15) is 4.68 Å². The van der Waals surface area contributed by atoms with Crippen molar-refractivity contribution >= 4 is 23.6 Å². The normalized spacial score (nSPS) is 11.0. The summed E-state index contributed by atoms with van der Waals surface area (Å²) in [5.41, 5.74) is 0.289. The van der Waals surface area contributed by atoms with Crippen LogP contribution in [0.1, 0.15) is 5.56 Å². The van der Waals surface area contributed by atoms with Gasteiger partial charge in [0.15, 0.2) is 5.82 Å². The van der Waals surface area contributed by atoms with Crippen molar-refractivity contribution in [2.45, 2.75) is 0 Å². The van der Waals surface area contributed by atoms with Gasteiger partial charge in [-0.25, -0.2) is 9.18 Å². The predicted molar refractivity (Wildman–Crippen MR) is 60.8 cm³/mol. The molecule has 0 atom stereocenters. The number of carboxylic acids is 1. The Morgan fingerprint density at radius 1 is 1.50 bits per heavy atom. The van der Waals surface area contributed by atoms with Crippen molar-refractivity contribution in [3.8, 4) is 5.69 Å². The number of aromatic nitrogens is 4. The first-order valence-corrected chi connectivity index (χ1v) is 5.09. The number of hydrogen-bond donors (Lipinski definition) is 1. The van der Waals surface area contributed by atoms with E-state index in [1.165, 1.54) is 18.5 Å². The third-order valence-electron chi connectivity index (χ3n) is 2.04. The van der Waals surface area contributed by atoms with E-state index in [1.54, 1.807) is 0 Å². The van der Waals surface area contributed by atoms with Gasteiger partial charge in [0.25, 0.3) is 0 Å². The summed E-state index contributed by atoms with van der Waals surface area (Å²) in [4.78, 5) is 10.5. The van der Waals surface area contributed by atoms with Crippen molar-refractivity contribution < 1.29 is 14.3 Å². The first-order valence-electron chi connectivity index (χ1n) is 4.71. The SMILES string of the molecule is O=C(O)C=Cc1cc(Cl)cc(F)c1-n1cnnn1. The molecule has 0 fully saturated rings. The Labute approximate surface area is 105 Å². The molecule has 2 aromatic rings. The highest BCUT2D eigenvalue weighted by Gasteiger charge is 2.12. The molecule has 0 aliphatic heterocycles. The first-order chi connectivity index (χ1) is 8.58. The fourth-order valence-corrected chi connectivity index (χ4v) is 1.59. The van der Waals surface area contributed by atoms with Crippen LogP contribution in [0.15, 0.2) is 24.5 Å². The summed E-state index contributed by atoms with van der Waals surface area (Å²) in [7, 11) is 0. The van der Waals surface area contributed by atoms with E-state index in [-0.39, 0.29) is 16.3 Å². The number of benzene rings is 1. The Balaban J connectivity index is 2.59. The quantitative estimate of drug-likeness (QED) is 0.854. The topological polar surface area (TPSA) is 80.9 Å². The molecular weight excluding hydrogens is 263 g/mol. The molecular formula is C10H6ClFN4O2. The highest BCUT2D eigenvalue weighted by Crippen LogP contribution is 2.24. The van der Waals surface area contributed by atoms with Gasteiger partial charge < -0.3 is 5.11 Å². The van der Waals surface area contributed by atoms with Crippen molar-refractivity contribution in [1.29, 1.82) is 0 Å². The van der Waals surface area contributed by atoms with Gasteiger partial charge in [-0.1, -0.05) is 11.6 Å². The summed E-state index contributed by atoms with van der Waals surface area (Å²) in [6.45, 7) is 0. The number of carbonyl (C=O) groups is 1. The number of hydrogen-bond acceptors (Lipinski definition) is 4. The molecule has 1 heterocycles. The third-order valence-corrected chi connectivity index (χ3v) is 2.26. The maximum atomic E-state index is 13.8. The van der Waals surface area contributed by atoms with E-state index in [0.29, 0.717) is 0 Å². The van der Waals surface area contributed by atoms with Crippen molar-refractivity contribution in [1.82, 2.24) is 20.2 Å². The van der Waals surface area contributed by atoms with E-state index in [4.69, 9.17) is 16.7 Å². The van der Waals surface area contributed by atoms with Crippen LogP contribution in [0.4, 0.5) is 4.39 Å². The van der Waals surface area contributed by atoms with Crippen LogP contribution in [0.25, 0.3) is 11.8 Å². The number of nitrogens with zero attached hydrogens (tertiary/aromatic N) is 4. The summed E-state index contributed by atoms with van der Waals surface area (Å²) >= 11 is 5.72. The Kier molecular flexibility index (Phi) is 3.33. The molecule has 0 amide bonds. The molecule has 18 heavy (non-hydrogen) atoms. The highest BCUT2D eigenvalue weighted by atomic mass is 35.5. The molecule has 0 aliphatic carbocycles. The second-order valence-corrected chi connectivity index (χ2v) is 3.69. The van der Waals surface area contributed by atoms with E-state index in [0.717, 1.165) is 16.8 Å². The standard InChI is InChI=1S/C10H6ClFN4O2/c11-7-3-6(1-2-9(17)18)10(8(12)4-7)16-5-13-14-15-16/h1-5H,(H,17,18). The zero-order valence-electron chi connectivity index (χ0n) is 8.79. The van der Waals surface area contributed by atoms with Gasteiger partial charge in [0.05, 0.1) is 0 Å². The van der Waals surface area contributed by atoms with Gasteiger partial charge in [-0.15, -0.1) is 5.10 Å². The second-order valence-electron chi connectivity index (χ2n) is 3.25. The number of carboxylic acid groups (broad SMARTS) is 1. The van der Waals surface area contributed by atoms with E-state index in [1.807, 2.05) is 0 Å². The van der Waals surface area contributed by atoms with Crippen LogP contribution in [-0.2, 0) is 4.79 Å². The molecule has 1 N–H and O–H groups in total.